The van der Waals surface area contributed by atoms with E-state index in [0.29, 0.717) is 0 Å². The molecule has 35 valence electrons. The van der Waals surface area contributed by atoms with Crippen molar-refractivity contribution < 1.29 is 10.3 Å². The molecule has 3 radical (unpaired) electrons. The lowest BCUT2D eigenvalue weighted by atomic mass is 10.8. The molecule has 4 N–H and O–H groups in total. The first-order valence-electron chi connectivity index (χ1n) is 0.565. The fraction of sp³-hybridized carbons (Fsp3) is 0. The molecule has 0 rings (SSSR count). The molecule has 0 aliphatic carbocycles. The molecule has 0 fully saturated rings. The van der Waals surface area contributed by atoms with Crippen LogP contribution in [0.3, 0.4) is 0 Å². The van der Waals surface area contributed by atoms with Gasteiger partial charge in [-0.1, -0.05) is 0 Å². The van der Waals surface area contributed by atoms with Gasteiger partial charge in [0, 0.05) is 8.41 Å². The van der Waals surface area contributed by atoms with Crippen LogP contribution < -0.4 is 6.15 Å². The van der Waals surface area contributed by atoms with Gasteiger partial charge in [-0.15, -0.1) is 10.1 Å². The van der Waals surface area contributed by atoms with Gasteiger partial charge in [0.1, 0.15) is 0 Å². The average Bonchev–Trinajstić information content (AvgIpc) is 0.811. The third kappa shape index (κ3) is 26.6. The highest BCUT2D eigenvalue weighted by Gasteiger charge is 1.65. The fourth-order valence-electron chi connectivity index (χ4n) is 0. The van der Waals surface area contributed by atoms with Crippen LogP contribution in [0.15, 0.2) is 0 Å². The summed E-state index contributed by atoms with van der Waals surface area (Å²) in [4.78, 5) is 8.36. The number of nitrogens with zero attached hydrogens (tertiary/aromatic N) is 1. The fourth-order valence-corrected chi connectivity index (χ4v) is 0. The quantitative estimate of drug-likeness (QED) is 0.237. The van der Waals surface area contributed by atoms with Crippen molar-refractivity contribution >= 4 is 8.41 Å². The molecule has 0 heterocycles. The van der Waals surface area contributed by atoms with Gasteiger partial charge in [0.2, 0.25) is 0 Å². The van der Waals surface area contributed by atoms with Crippen molar-refractivity contribution in [2.75, 3.05) is 0 Å². The van der Waals surface area contributed by atoms with Gasteiger partial charge in [-0.2, -0.15) is 0 Å². The average molecular weight is 90.9 g/mol. The van der Waals surface area contributed by atoms with Crippen molar-refractivity contribution in [1.29, 1.82) is 0 Å². The van der Waals surface area contributed by atoms with E-state index < -0.39 is 5.09 Å². The van der Waals surface area contributed by atoms with Crippen molar-refractivity contribution in [2.24, 2.45) is 0 Å². The molecule has 0 amide bonds. The highest BCUT2D eigenvalue weighted by atomic mass is 16.9. The van der Waals surface area contributed by atoms with Gasteiger partial charge in [0.25, 0.3) is 5.09 Å². The molecular weight excluding hydrogens is 86.8 g/mol. The molecule has 0 aromatic heterocycles. The molecule has 0 atom stereocenters. The molecule has 0 saturated heterocycles. The van der Waals surface area contributed by atoms with Crippen LogP contribution in [-0.4, -0.2) is 18.7 Å². The number of rotatable bonds is 0. The van der Waals surface area contributed by atoms with E-state index >= 15 is 0 Å². The van der Waals surface area contributed by atoms with Crippen LogP contribution in [0.25, 0.3) is 0 Å². The van der Waals surface area contributed by atoms with E-state index in [4.69, 9.17) is 15.3 Å². The van der Waals surface area contributed by atoms with Crippen LogP contribution in [0.5, 0.6) is 0 Å². The maximum Gasteiger partial charge on any atom is 0.291 e. The Balaban J connectivity index is -0.0000000450. The second-order valence-corrected chi connectivity index (χ2v) is 0.238. The molecular formula is H4BN2O3. The van der Waals surface area contributed by atoms with Crippen molar-refractivity contribution in [3.05, 3.63) is 10.1 Å². The van der Waals surface area contributed by atoms with Crippen LogP contribution >= 0.6 is 0 Å². The molecule has 6 heavy (non-hydrogen) atoms. The minimum Gasteiger partial charge on any atom is -0.344 e. The minimum absolute atomic E-state index is 0. The summed E-state index contributed by atoms with van der Waals surface area (Å²) in [6, 6.07) is 0. The normalized spacial score (nSPS) is 4.00. The maximum absolute atomic E-state index is 8.36. The zero-order chi connectivity index (χ0) is 3.58. The summed E-state index contributed by atoms with van der Waals surface area (Å²) in [6.45, 7) is 0. The van der Waals surface area contributed by atoms with Crippen molar-refractivity contribution in [2.45, 2.75) is 0 Å². The van der Waals surface area contributed by atoms with Gasteiger partial charge >= 0.3 is 0 Å². The molecule has 0 bridgehead atoms. The molecule has 5 nitrogen and oxygen atoms in total. The van der Waals surface area contributed by atoms with Crippen LogP contribution in [0.4, 0.5) is 0 Å². The van der Waals surface area contributed by atoms with Gasteiger partial charge in [-0.3, -0.25) is 0 Å². The third-order valence-corrected chi connectivity index (χ3v) is 0. The summed E-state index contributed by atoms with van der Waals surface area (Å²) in [5.41, 5.74) is 0. The van der Waals surface area contributed by atoms with E-state index in [1.165, 1.54) is 0 Å². The number of hydrogen-bond donors (Lipinski definition) is 2. The Bertz CT molecular complexity index is 31.8. The predicted octanol–water partition coefficient (Wildman–Crippen LogP) is -0.567. The Morgan fingerprint density at radius 1 is 1.67 bits per heavy atom. The lowest BCUT2D eigenvalue weighted by Crippen LogP contribution is -1.81. The standard InChI is InChI=1S/B.HNO3.H3N/c;2-1(3)4;/h;(H,2,3,4);1H3. The van der Waals surface area contributed by atoms with Gasteiger partial charge in [-0.05, 0) is 0 Å². The maximum atomic E-state index is 8.36. The zero-order valence-electron chi connectivity index (χ0n) is 3.00. The minimum atomic E-state index is -1.50. The molecule has 0 aliphatic rings. The van der Waals surface area contributed by atoms with Crippen LogP contribution in [0, 0.1) is 10.1 Å². The first-order chi connectivity index (χ1) is 1.73. The Morgan fingerprint density at radius 3 is 1.67 bits per heavy atom. The van der Waals surface area contributed by atoms with Gasteiger partial charge in [-0.25, -0.2) is 0 Å². The second-order valence-electron chi connectivity index (χ2n) is 0.238. The largest absolute Gasteiger partial charge is 0.344 e. The molecule has 0 aromatic carbocycles. The SMILES string of the molecule is N.O=[N+]([O-])O.[B]. The summed E-state index contributed by atoms with van der Waals surface area (Å²) in [6.07, 6.45) is 0. The van der Waals surface area contributed by atoms with Gasteiger partial charge in [0.05, 0.1) is 0 Å². The van der Waals surface area contributed by atoms with Gasteiger partial charge in [0.15, 0.2) is 0 Å². The summed E-state index contributed by atoms with van der Waals surface area (Å²) >= 11 is 0. The molecule has 0 unspecified atom stereocenters. The lowest BCUT2D eigenvalue weighted by Gasteiger charge is -1.56. The first-order valence-corrected chi connectivity index (χ1v) is 0.565. The Hall–Kier alpha value is -0.775. The summed E-state index contributed by atoms with van der Waals surface area (Å²) in [5.74, 6) is 0. The Labute approximate surface area is 36.2 Å². The van der Waals surface area contributed by atoms with Crippen molar-refractivity contribution in [1.82, 2.24) is 6.15 Å². The van der Waals surface area contributed by atoms with E-state index in [9.17, 15) is 0 Å². The second kappa shape index (κ2) is 8.88. The van der Waals surface area contributed by atoms with E-state index in [-0.39, 0.29) is 14.6 Å². The monoisotopic (exact) mass is 91.0 g/mol. The summed E-state index contributed by atoms with van der Waals surface area (Å²) in [7, 11) is 0. The lowest BCUT2D eigenvalue weighted by molar-refractivity contribution is -0.742. The molecule has 0 spiro atoms. The first kappa shape index (κ1) is 18.8. The molecule has 0 aromatic rings. The van der Waals surface area contributed by atoms with Crippen LogP contribution in [-0.2, 0) is 0 Å². The smallest absolute Gasteiger partial charge is 0.291 e. The Kier molecular flexibility index (Phi) is 27.9. The molecule has 6 heteroatoms. The zero-order valence-corrected chi connectivity index (χ0v) is 3.00. The summed E-state index contributed by atoms with van der Waals surface area (Å²) in [5, 5.41) is 13.6. The van der Waals surface area contributed by atoms with Crippen LogP contribution in [0.1, 0.15) is 0 Å². The van der Waals surface area contributed by atoms with Crippen molar-refractivity contribution in [3.63, 3.8) is 0 Å². The van der Waals surface area contributed by atoms with E-state index in [1.807, 2.05) is 0 Å². The summed E-state index contributed by atoms with van der Waals surface area (Å²) < 4.78 is 0. The Morgan fingerprint density at radius 2 is 1.67 bits per heavy atom. The number of hydrogen-bond acceptors (Lipinski definition) is 3. The van der Waals surface area contributed by atoms with Gasteiger partial charge < -0.3 is 11.4 Å². The molecule has 0 aliphatic heterocycles. The van der Waals surface area contributed by atoms with E-state index in [2.05, 4.69) is 0 Å². The highest BCUT2D eigenvalue weighted by Crippen LogP contribution is 1.38. The highest BCUT2D eigenvalue weighted by molar-refractivity contribution is 5.75. The topological polar surface area (TPSA) is 98.4 Å². The van der Waals surface area contributed by atoms with Crippen molar-refractivity contribution in [3.8, 4) is 0 Å². The predicted molar refractivity (Wildman–Crippen MR) is 19.6 cm³/mol. The molecule has 0 saturated carbocycles. The van der Waals surface area contributed by atoms with E-state index in [1.54, 1.807) is 0 Å². The van der Waals surface area contributed by atoms with E-state index in [0.717, 1.165) is 0 Å². The third-order valence-electron chi connectivity index (χ3n) is 0. The van der Waals surface area contributed by atoms with Crippen LogP contribution in [0.2, 0.25) is 0 Å².